The van der Waals surface area contributed by atoms with Gasteiger partial charge >= 0.3 is 5.97 Å². The lowest BCUT2D eigenvalue weighted by molar-refractivity contribution is 0.0521. The molecule has 148 valence electrons. The maximum Gasteiger partial charge on any atom is 0.341 e. The van der Waals surface area contributed by atoms with Crippen molar-refractivity contribution in [1.82, 2.24) is 0 Å². The van der Waals surface area contributed by atoms with E-state index in [0.717, 1.165) is 19.3 Å². The van der Waals surface area contributed by atoms with Gasteiger partial charge in [-0.1, -0.05) is 87.5 Å². The molecule has 0 N–H and O–H groups in total. The number of unbranched alkanes of at least 4 members (excludes halogenated alkanes) is 5. The minimum Gasteiger partial charge on any atom is -0.492 e. The molecule has 0 aliphatic carbocycles. The first-order valence-electron chi connectivity index (χ1n) is 10.2. The molecular weight excluding hydrogens is 439 g/mol. The molecule has 26 heavy (non-hydrogen) atoms. The molecule has 0 saturated heterocycles. The average Bonchev–Trinajstić information content (AvgIpc) is 2.63. The zero-order valence-electron chi connectivity index (χ0n) is 16.7. The van der Waals surface area contributed by atoms with Crippen LogP contribution in [0.3, 0.4) is 0 Å². The Morgan fingerprint density at radius 2 is 1.77 bits per heavy atom. The third kappa shape index (κ3) is 9.24. The molecule has 1 aromatic carbocycles. The first-order chi connectivity index (χ1) is 12.6. The molecular formula is C22H35IO3. The first-order valence-corrected chi connectivity index (χ1v) is 11.4. The van der Waals surface area contributed by atoms with Crippen LogP contribution in [0.5, 0.6) is 5.75 Å². The van der Waals surface area contributed by atoms with Crippen LogP contribution in [0.1, 0.15) is 88.1 Å². The summed E-state index contributed by atoms with van der Waals surface area (Å²) < 4.78 is 11.7. The zero-order chi connectivity index (χ0) is 19.2. The van der Waals surface area contributed by atoms with Crippen molar-refractivity contribution in [2.75, 3.05) is 13.2 Å². The van der Waals surface area contributed by atoms with Crippen molar-refractivity contribution in [3.63, 3.8) is 0 Å². The quantitative estimate of drug-likeness (QED) is 0.130. The van der Waals surface area contributed by atoms with Crippen LogP contribution in [0.4, 0.5) is 0 Å². The maximum absolute atomic E-state index is 12.2. The highest BCUT2D eigenvalue weighted by Gasteiger charge is 2.16. The summed E-state index contributed by atoms with van der Waals surface area (Å²) >= 11 is 2.47. The van der Waals surface area contributed by atoms with Crippen molar-refractivity contribution in [2.45, 2.75) is 82.5 Å². The van der Waals surface area contributed by atoms with E-state index in [1.54, 1.807) is 0 Å². The minimum atomic E-state index is -0.300. The maximum atomic E-state index is 12.2. The lowest BCUT2D eigenvalue weighted by atomic mass is 10.1. The minimum absolute atomic E-state index is 0.300. The van der Waals surface area contributed by atoms with Gasteiger partial charge in [-0.2, -0.15) is 0 Å². The number of benzene rings is 1. The highest BCUT2D eigenvalue weighted by atomic mass is 127. The van der Waals surface area contributed by atoms with Crippen molar-refractivity contribution in [2.24, 2.45) is 0 Å². The lowest BCUT2D eigenvalue weighted by Crippen LogP contribution is -2.14. The van der Waals surface area contributed by atoms with Gasteiger partial charge < -0.3 is 9.47 Å². The second kappa shape index (κ2) is 14.3. The molecule has 1 unspecified atom stereocenters. The summed E-state index contributed by atoms with van der Waals surface area (Å²) in [5.74, 6) is 0.366. The van der Waals surface area contributed by atoms with E-state index >= 15 is 0 Å². The lowest BCUT2D eigenvalue weighted by Gasteiger charge is -2.15. The Bertz CT molecular complexity index is 516. The van der Waals surface area contributed by atoms with E-state index in [9.17, 15) is 4.79 Å². The molecule has 0 heterocycles. The van der Waals surface area contributed by atoms with Crippen LogP contribution in [0.25, 0.3) is 0 Å². The van der Waals surface area contributed by atoms with Crippen LogP contribution in [0, 0.1) is 0 Å². The van der Waals surface area contributed by atoms with E-state index in [2.05, 4.69) is 36.4 Å². The molecule has 1 aromatic rings. The van der Waals surface area contributed by atoms with Crippen LogP contribution in [-0.4, -0.2) is 23.1 Å². The first kappa shape index (κ1) is 23.3. The van der Waals surface area contributed by atoms with E-state index in [1.807, 2.05) is 25.1 Å². The normalized spacial score (nSPS) is 12.0. The molecule has 0 spiro atoms. The number of hydrogen-bond donors (Lipinski definition) is 0. The van der Waals surface area contributed by atoms with Gasteiger partial charge in [0, 0.05) is 3.92 Å². The smallest absolute Gasteiger partial charge is 0.341 e. The number of carbonyl (C=O) groups excluding carboxylic acids is 1. The van der Waals surface area contributed by atoms with Gasteiger partial charge in [0.25, 0.3) is 0 Å². The number of halogens is 1. The van der Waals surface area contributed by atoms with Gasteiger partial charge in [-0.3, -0.25) is 0 Å². The molecule has 4 heteroatoms. The van der Waals surface area contributed by atoms with Gasteiger partial charge in [-0.25, -0.2) is 4.79 Å². The van der Waals surface area contributed by atoms with Crippen molar-refractivity contribution < 1.29 is 14.3 Å². The van der Waals surface area contributed by atoms with Crippen molar-refractivity contribution in [3.8, 4) is 5.75 Å². The Kier molecular flexibility index (Phi) is 12.8. The summed E-state index contributed by atoms with van der Waals surface area (Å²) in [6.07, 6.45) is 11.1. The Hall–Kier alpha value is -0.780. The fourth-order valence-electron chi connectivity index (χ4n) is 2.92. The summed E-state index contributed by atoms with van der Waals surface area (Å²) in [6.45, 7) is 7.24. The Morgan fingerprint density at radius 1 is 1.04 bits per heavy atom. The summed E-state index contributed by atoms with van der Waals surface area (Å²) in [4.78, 5) is 12.2. The molecule has 0 radical (unpaired) electrons. The molecule has 1 rings (SSSR count). The molecule has 0 aromatic heterocycles. The largest absolute Gasteiger partial charge is 0.492 e. The van der Waals surface area contributed by atoms with E-state index < -0.39 is 0 Å². The fourth-order valence-corrected chi connectivity index (χ4v) is 3.54. The highest BCUT2D eigenvalue weighted by Crippen LogP contribution is 2.24. The Balaban J connectivity index is 2.54. The second-order valence-electron chi connectivity index (χ2n) is 6.77. The van der Waals surface area contributed by atoms with Gasteiger partial charge in [0.15, 0.2) is 0 Å². The summed E-state index contributed by atoms with van der Waals surface area (Å²) in [5, 5.41) is 0. The summed E-state index contributed by atoms with van der Waals surface area (Å²) in [7, 11) is 0. The molecule has 0 aliphatic heterocycles. The summed E-state index contributed by atoms with van der Waals surface area (Å²) in [5.41, 5.74) is 1.74. The fraction of sp³-hybridized carbons (Fsp3) is 0.682. The number of aryl methyl sites for hydroxylation is 1. The second-order valence-corrected chi connectivity index (χ2v) is 8.53. The van der Waals surface area contributed by atoms with Crippen LogP contribution < -0.4 is 4.74 Å². The van der Waals surface area contributed by atoms with Crippen molar-refractivity contribution >= 4 is 28.6 Å². The molecule has 1 atom stereocenters. The standard InChI is InChI=1S/C22H35IO3/c1-4-7-8-9-10-11-13-19(23)17-26-21-16-18(12-5-2)14-15-20(21)22(24)25-6-3/h14-16,19H,4-13,17H2,1-3H3. The monoisotopic (exact) mass is 474 g/mol. The van der Waals surface area contributed by atoms with Gasteiger partial charge in [-0.05, 0) is 37.5 Å². The van der Waals surface area contributed by atoms with E-state index in [4.69, 9.17) is 9.47 Å². The third-order valence-electron chi connectivity index (χ3n) is 4.37. The number of rotatable bonds is 14. The highest BCUT2D eigenvalue weighted by molar-refractivity contribution is 14.1. The van der Waals surface area contributed by atoms with Crippen LogP contribution >= 0.6 is 22.6 Å². The summed E-state index contributed by atoms with van der Waals surface area (Å²) in [6, 6.07) is 5.85. The molecule has 3 nitrogen and oxygen atoms in total. The Morgan fingerprint density at radius 3 is 2.46 bits per heavy atom. The predicted molar refractivity (Wildman–Crippen MR) is 118 cm³/mol. The molecule has 0 amide bonds. The molecule has 0 aliphatic rings. The van der Waals surface area contributed by atoms with Crippen LogP contribution in [-0.2, 0) is 11.2 Å². The average molecular weight is 474 g/mol. The number of carbonyl (C=O) groups is 1. The number of alkyl halides is 1. The van der Waals surface area contributed by atoms with Gasteiger partial charge in [0.2, 0.25) is 0 Å². The van der Waals surface area contributed by atoms with Crippen molar-refractivity contribution in [3.05, 3.63) is 29.3 Å². The van der Waals surface area contributed by atoms with Crippen LogP contribution in [0.15, 0.2) is 18.2 Å². The topological polar surface area (TPSA) is 35.5 Å². The van der Waals surface area contributed by atoms with Crippen LogP contribution in [0.2, 0.25) is 0 Å². The zero-order valence-corrected chi connectivity index (χ0v) is 18.8. The van der Waals surface area contributed by atoms with Gasteiger partial charge in [-0.15, -0.1) is 0 Å². The number of esters is 1. The molecule has 0 bridgehead atoms. The number of hydrogen-bond acceptors (Lipinski definition) is 3. The van der Waals surface area contributed by atoms with Gasteiger partial charge in [0.05, 0.1) is 13.2 Å². The predicted octanol–water partition coefficient (Wildman–Crippen LogP) is 6.75. The third-order valence-corrected chi connectivity index (χ3v) is 5.35. The SMILES string of the molecule is CCCCCCCCC(I)COc1cc(CCC)ccc1C(=O)OCC. The van der Waals surface area contributed by atoms with Crippen molar-refractivity contribution in [1.29, 1.82) is 0 Å². The Labute approximate surface area is 173 Å². The number of ether oxygens (including phenoxy) is 2. The van der Waals surface area contributed by atoms with E-state index in [0.29, 0.717) is 28.5 Å². The molecule has 0 saturated carbocycles. The van der Waals surface area contributed by atoms with E-state index in [1.165, 1.54) is 44.1 Å². The van der Waals surface area contributed by atoms with Gasteiger partial charge in [0.1, 0.15) is 11.3 Å². The molecule has 0 fully saturated rings. The van der Waals surface area contributed by atoms with E-state index in [-0.39, 0.29) is 5.97 Å².